The van der Waals surface area contributed by atoms with Crippen molar-refractivity contribution in [1.82, 2.24) is 4.98 Å². The molecule has 2 rings (SSSR count). The highest BCUT2D eigenvalue weighted by molar-refractivity contribution is 5.97. The molecular weight excluding hydrogens is 182 g/mol. The molecule has 1 aliphatic heterocycles. The number of aryl methyl sites for hydroxylation is 1. The fourth-order valence-corrected chi connectivity index (χ4v) is 1.46. The zero-order chi connectivity index (χ0) is 10.1. The summed E-state index contributed by atoms with van der Waals surface area (Å²) >= 11 is 0. The molecule has 0 aromatic carbocycles. The molecule has 4 nitrogen and oxygen atoms in total. The molecule has 1 saturated heterocycles. The van der Waals surface area contributed by atoms with Gasteiger partial charge in [0.1, 0.15) is 5.92 Å². The summed E-state index contributed by atoms with van der Waals surface area (Å²) in [6, 6.07) is 5.39. The second-order valence-electron chi connectivity index (χ2n) is 3.25. The maximum atomic E-state index is 11.2. The number of carbonyl (C=O) groups excluding carboxylic acids is 2. The van der Waals surface area contributed by atoms with Crippen molar-refractivity contribution in [3.05, 3.63) is 29.6 Å². The first-order valence-electron chi connectivity index (χ1n) is 4.35. The van der Waals surface area contributed by atoms with E-state index in [1.807, 2.05) is 19.1 Å². The number of rotatable bonds is 1. The summed E-state index contributed by atoms with van der Waals surface area (Å²) in [5.74, 6) is -1.47. The van der Waals surface area contributed by atoms with Gasteiger partial charge in [0.2, 0.25) is 0 Å². The molecule has 2 heterocycles. The van der Waals surface area contributed by atoms with Crippen LogP contribution in [0.25, 0.3) is 0 Å². The van der Waals surface area contributed by atoms with Crippen molar-refractivity contribution < 1.29 is 14.3 Å². The molecule has 1 fully saturated rings. The molecule has 1 aromatic rings. The number of hydrogen-bond donors (Lipinski definition) is 0. The van der Waals surface area contributed by atoms with Crippen LogP contribution in [-0.2, 0) is 14.3 Å². The highest BCUT2D eigenvalue weighted by Gasteiger charge is 2.35. The standard InChI is InChI=1S/C10H9NO3/c1-6-3-2-4-8(11-6)7-5-9(12)14-10(7)13/h2-4,7H,5H2,1H3. The van der Waals surface area contributed by atoms with E-state index in [1.54, 1.807) is 6.07 Å². The van der Waals surface area contributed by atoms with Gasteiger partial charge in [0, 0.05) is 5.69 Å². The van der Waals surface area contributed by atoms with Gasteiger partial charge in [-0.1, -0.05) is 6.07 Å². The van der Waals surface area contributed by atoms with Crippen LogP contribution in [0.5, 0.6) is 0 Å². The van der Waals surface area contributed by atoms with Crippen LogP contribution >= 0.6 is 0 Å². The van der Waals surface area contributed by atoms with E-state index in [4.69, 9.17) is 0 Å². The summed E-state index contributed by atoms with van der Waals surface area (Å²) in [5, 5.41) is 0. The molecule has 1 unspecified atom stereocenters. The van der Waals surface area contributed by atoms with Crippen molar-refractivity contribution in [1.29, 1.82) is 0 Å². The topological polar surface area (TPSA) is 56.3 Å². The Morgan fingerprint density at radius 2 is 2.21 bits per heavy atom. The van der Waals surface area contributed by atoms with E-state index < -0.39 is 17.9 Å². The van der Waals surface area contributed by atoms with Crippen LogP contribution in [0.2, 0.25) is 0 Å². The van der Waals surface area contributed by atoms with E-state index in [1.165, 1.54) is 0 Å². The number of aromatic nitrogens is 1. The van der Waals surface area contributed by atoms with Gasteiger partial charge >= 0.3 is 11.9 Å². The van der Waals surface area contributed by atoms with E-state index >= 15 is 0 Å². The van der Waals surface area contributed by atoms with Crippen molar-refractivity contribution >= 4 is 11.9 Å². The Bertz CT molecular complexity index is 400. The van der Waals surface area contributed by atoms with Crippen molar-refractivity contribution in [2.45, 2.75) is 19.3 Å². The first-order chi connectivity index (χ1) is 6.66. The average molecular weight is 191 g/mol. The van der Waals surface area contributed by atoms with Gasteiger partial charge in [-0.2, -0.15) is 0 Å². The predicted octanol–water partition coefficient (Wildman–Crippen LogP) is 0.947. The Morgan fingerprint density at radius 1 is 1.43 bits per heavy atom. The van der Waals surface area contributed by atoms with Crippen LogP contribution in [0.15, 0.2) is 18.2 Å². The number of carbonyl (C=O) groups is 2. The van der Waals surface area contributed by atoms with Gasteiger partial charge in [-0.05, 0) is 19.1 Å². The number of ether oxygens (including phenoxy) is 1. The molecule has 0 N–H and O–H groups in total. The van der Waals surface area contributed by atoms with Gasteiger partial charge in [0.25, 0.3) is 0 Å². The summed E-state index contributed by atoms with van der Waals surface area (Å²) in [4.78, 5) is 26.3. The minimum Gasteiger partial charge on any atom is -0.393 e. The minimum atomic E-state index is -0.512. The van der Waals surface area contributed by atoms with Crippen molar-refractivity contribution in [3.8, 4) is 0 Å². The molecule has 72 valence electrons. The zero-order valence-electron chi connectivity index (χ0n) is 7.69. The molecule has 0 radical (unpaired) electrons. The monoisotopic (exact) mass is 191 g/mol. The summed E-state index contributed by atoms with van der Waals surface area (Å²) in [7, 11) is 0. The van der Waals surface area contributed by atoms with Crippen LogP contribution < -0.4 is 0 Å². The van der Waals surface area contributed by atoms with Gasteiger partial charge in [-0.15, -0.1) is 0 Å². The fraction of sp³-hybridized carbons (Fsp3) is 0.300. The highest BCUT2D eigenvalue weighted by atomic mass is 16.6. The summed E-state index contributed by atoms with van der Waals surface area (Å²) in [5.41, 5.74) is 1.44. The molecular formula is C10H9NO3. The molecule has 0 spiro atoms. The molecule has 14 heavy (non-hydrogen) atoms. The second-order valence-corrected chi connectivity index (χ2v) is 3.25. The van der Waals surface area contributed by atoms with Gasteiger partial charge in [-0.25, -0.2) is 0 Å². The minimum absolute atomic E-state index is 0.106. The van der Waals surface area contributed by atoms with Gasteiger partial charge in [0.05, 0.1) is 12.1 Å². The van der Waals surface area contributed by atoms with Crippen LogP contribution in [0.1, 0.15) is 23.7 Å². The Kier molecular flexibility index (Phi) is 2.04. The molecule has 1 atom stereocenters. The molecule has 0 saturated carbocycles. The van der Waals surface area contributed by atoms with Crippen molar-refractivity contribution in [3.63, 3.8) is 0 Å². The molecule has 0 amide bonds. The van der Waals surface area contributed by atoms with Gasteiger partial charge in [-0.3, -0.25) is 14.6 Å². The maximum Gasteiger partial charge on any atom is 0.323 e. The predicted molar refractivity (Wildman–Crippen MR) is 47.4 cm³/mol. The Labute approximate surface area is 80.9 Å². The van der Waals surface area contributed by atoms with Crippen molar-refractivity contribution in [2.75, 3.05) is 0 Å². The third kappa shape index (κ3) is 1.51. The number of hydrogen-bond acceptors (Lipinski definition) is 4. The third-order valence-corrected chi connectivity index (χ3v) is 2.14. The van der Waals surface area contributed by atoms with Gasteiger partial charge < -0.3 is 4.74 Å². The fourth-order valence-electron chi connectivity index (χ4n) is 1.46. The molecule has 1 aromatic heterocycles. The molecule has 4 heteroatoms. The van der Waals surface area contributed by atoms with E-state index in [-0.39, 0.29) is 6.42 Å². The second kappa shape index (κ2) is 3.21. The largest absolute Gasteiger partial charge is 0.393 e. The van der Waals surface area contributed by atoms with Crippen molar-refractivity contribution in [2.24, 2.45) is 0 Å². The average Bonchev–Trinajstić information content (AvgIpc) is 2.45. The first kappa shape index (κ1) is 8.87. The molecule has 0 aliphatic carbocycles. The third-order valence-electron chi connectivity index (χ3n) is 2.14. The Balaban J connectivity index is 2.31. The Morgan fingerprint density at radius 3 is 2.79 bits per heavy atom. The van der Waals surface area contributed by atoms with E-state index in [2.05, 4.69) is 9.72 Å². The summed E-state index contributed by atoms with van der Waals surface area (Å²) in [6.07, 6.45) is 0.106. The van der Waals surface area contributed by atoms with E-state index in [9.17, 15) is 9.59 Å². The van der Waals surface area contributed by atoms with Crippen LogP contribution in [0.3, 0.4) is 0 Å². The summed E-state index contributed by atoms with van der Waals surface area (Å²) in [6.45, 7) is 1.84. The smallest absolute Gasteiger partial charge is 0.323 e. The molecule has 0 bridgehead atoms. The van der Waals surface area contributed by atoms with Crippen LogP contribution in [0, 0.1) is 6.92 Å². The summed E-state index contributed by atoms with van der Waals surface area (Å²) < 4.78 is 4.45. The van der Waals surface area contributed by atoms with E-state index in [0.717, 1.165) is 5.69 Å². The lowest BCUT2D eigenvalue weighted by atomic mass is 10.0. The van der Waals surface area contributed by atoms with Gasteiger partial charge in [0.15, 0.2) is 0 Å². The number of cyclic esters (lactones) is 2. The number of esters is 2. The van der Waals surface area contributed by atoms with Crippen LogP contribution in [0.4, 0.5) is 0 Å². The number of pyridine rings is 1. The first-order valence-corrected chi connectivity index (χ1v) is 4.35. The van der Waals surface area contributed by atoms with E-state index in [0.29, 0.717) is 5.69 Å². The highest BCUT2D eigenvalue weighted by Crippen LogP contribution is 2.25. The lowest BCUT2D eigenvalue weighted by Gasteiger charge is -2.03. The number of nitrogens with zero attached hydrogens (tertiary/aromatic N) is 1. The van der Waals surface area contributed by atoms with Crippen LogP contribution in [-0.4, -0.2) is 16.9 Å². The lowest BCUT2D eigenvalue weighted by Crippen LogP contribution is -2.07. The lowest BCUT2D eigenvalue weighted by molar-refractivity contribution is -0.152. The zero-order valence-corrected chi connectivity index (χ0v) is 7.69. The quantitative estimate of drug-likeness (QED) is 0.489. The SMILES string of the molecule is Cc1cccc(C2CC(=O)OC2=O)n1. The maximum absolute atomic E-state index is 11.2. The normalized spacial score (nSPS) is 21.1. The molecule has 1 aliphatic rings. The Hall–Kier alpha value is -1.71.